The van der Waals surface area contributed by atoms with Gasteiger partial charge in [-0.1, -0.05) is 6.92 Å². The molecule has 3 rings (SSSR count). The summed E-state index contributed by atoms with van der Waals surface area (Å²) in [6.07, 6.45) is 4.54. The largest absolute Gasteiger partial charge is 0.396 e. The Morgan fingerprint density at radius 2 is 2.37 bits per heavy atom. The Bertz CT molecular complexity index is 437. The van der Waals surface area contributed by atoms with Crippen molar-refractivity contribution in [2.75, 3.05) is 26.4 Å². The molecule has 1 aliphatic heterocycles. The Kier molecular flexibility index (Phi) is 3.89. The fraction of sp³-hybridized carbons (Fsp3) is 0.786. The van der Waals surface area contributed by atoms with Gasteiger partial charge >= 0.3 is 0 Å². The lowest BCUT2D eigenvalue weighted by atomic mass is 9.86. The Morgan fingerprint density at radius 1 is 1.53 bits per heavy atom. The zero-order valence-electron chi connectivity index (χ0n) is 11.4. The van der Waals surface area contributed by atoms with E-state index in [0.29, 0.717) is 19.3 Å². The minimum Gasteiger partial charge on any atom is -0.396 e. The van der Waals surface area contributed by atoms with E-state index < -0.39 is 0 Å². The molecule has 5 heteroatoms. The summed E-state index contributed by atoms with van der Waals surface area (Å²) in [5.74, 6) is 0. The maximum absolute atomic E-state index is 9.47. The summed E-state index contributed by atoms with van der Waals surface area (Å²) in [6, 6.07) is 0.422. The molecule has 1 saturated heterocycles. The number of nitrogens with one attached hydrogen (secondary N) is 1. The van der Waals surface area contributed by atoms with Gasteiger partial charge in [0.25, 0.3) is 0 Å². The van der Waals surface area contributed by atoms with Crippen molar-refractivity contribution >= 4 is 11.3 Å². The molecule has 1 aliphatic carbocycles. The van der Waals surface area contributed by atoms with E-state index in [4.69, 9.17) is 9.72 Å². The van der Waals surface area contributed by atoms with Crippen molar-refractivity contribution in [3.63, 3.8) is 0 Å². The second kappa shape index (κ2) is 5.48. The van der Waals surface area contributed by atoms with Crippen LogP contribution < -0.4 is 5.32 Å². The third kappa shape index (κ3) is 2.57. The van der Waals surface area contributed by atoms with Crippen LogP contribution in [-0.4, -0.2) is 36.5 Å². The van der Waals surface area contributed by atoms with E-state index in [9.17, 15) is 5.11 Å². The van der Waals surface area contributed by atoms with Crippen molar-refractivity contribution in [2.24, 2.45) is 5.41 Å². The molecular weight excluding hydrogens is 260 g/mol. The number of ether oxygens (including phenoxy) is 1. The first-order valence-corrected chi connectivity index (χ1v) is 7.98. The van der Waals surface area contributed by atoms with Gasteiger partial charge in [-0.2, -0.15) is 0 Å². The number of rotatable bonds is 5. The average Bonchev–Trinajstić information content (AvgIpc) is 2.81. The zero-order chi connectivity index (χ0) is 13.3. The topological polar surface area (TPSA) is 54.4 Å². The summed E-state index contributed by atoms with van der Waals surface area (Å²) >= 11 is 1.86. The normalized spacial score (nSPS) is 24.8. The summed E-state index contributed by atoms with van der Waals surface area (Å²) in [7, 11) is 0. The Balaban J connectivity index is 1.67. The lowest BCUT2D eigenvalue weighted by molar-refractivity contribution is -0.135. The molecule has 0 bridgehead atoms. The highest BCUT2D eigenvalue weighted by Gasteiger charge is 2.38. The van der Waals surface area contributed by atoms with Crippen molar-refractivity contribution in [3.05, 3.63) is 15.6 Å². The molecule has 1 fully saturated rings. The second-order valence-corrected chi connectivity index (χ2v) is 6.86. The van der Waals surface area contributed by atoms with E-state index in [0.717, 1.165) is 19.4 Å². The van der Waals surface area contributed by atoms with Gasteiger partial charge in [0.2, 0.25) is 0 Å². The average molecular weight is 282 g/mol. The Labute approximate surface area is 118 Å². The van der Waals surface area contributed by atoms with Crippen LogP contribution in [0.25, 0.3) is 0 Å². The lowest BCUT2D eigenvalue weighted by Crippen LogP contribution is -2.52. The van der Waals surface area contributed by atoms with Gasteiger partial charge in [-0.05, 0) is 25.7 Å². The van der Waals surface area contributed by atoms with Crippen LogP contribution in [0.4, 0.5) is 0 Å². The minimum atomic E-state index is -0.0457. The van der Waals surface area contributed by atoms with Crippen LogP contribution in [0.2, 0.25) is 0 Å². The molecular formula is C14H22N2O2S. The maximum atomic E-state index is 9.47. The first-order valence-electron chi connectivity index (χ1n) is 7.17. The van der Waals surface area contributed by atoms with E-state index in [1.807, 2.05) is 11.3 Å². The molecule has 2 N–H and O–H groups in total. The van der Waals surface area contributed by atoms with Crippen LogP contribution in [0.15, 0.2) is 0 Å². The number of thiazole rings is 1. The number of hydrogen-bond donors (Lipinski definition) is 2. The number of nitrogens with zero attached hydrogens (tertiary/aromatic N) is 1. The molecule has 0 saturated carbocycles. The van der Waals surface area contributed by atoms with Crippen molar-refractivity contribution in [3.8, 4) is 0 Å². The third-order valence-electron chi connectivity index (χ3n) is 4.17. The van der Waals surface area contributed by atoms with Gasteiger partial charge in [0.1, 0.15) is 0 Å². The van der Waals surface area contributed by atoms with Gasteiger partial charge < -0.3 is 15.2 Å². The number of aryl methyl sites for hydroxylation is 2. The lowest BCUT2D eigenvalue weighted by Gasteiger charge is -2.41. The van der Waals surface area contributed by atoms with Crippen molar-refractivity contribution in [2.45, 2.75) is 38.6 Å². The number of aliphatic hydroxyl groups excluding tert-OH is 1. The van der Waals surface area contributed by atoms with Gasteiger partial charge in [0.05, 0.1) is 35.9 Å². The molecule has 1 aromatic heterocycles. The third-order valence-corrected chi connectivity index (χ3v) is 5.53. The van der Waals surface area contributed by atoms with Gasteiger partial charge in [0.15, 0.2) is 0 Å². The molecule has 1 aromatic rings. The van der Waals surface area contributed by atoms with Gasteiger partial charge in [-0.3, -0.25) is 0 Å². The highest BCUT2D eigenvalue weighted by atomic mass is 32.1. The molecule has 2 aliphatic rings. The summed E-state index contributed by atoms with van der Waals surface area (Å²) < 4.78 is 5.25. The second-order valence-electron chi connectivity index (χ2n) is 5.75. The Hall–Kier alpha value is -0.490. The first-order chi connectivity index (χ1) is 9.26. The van der Waals surface area contributed by atoms with Gasteiger partial charge in [-0.15, -0.1) is 11.3 Å². The molecule has 0 radical (unpaired) electrons. The SMILES string of the molecule is CCc1nc2c(s1)C(NCC1(CO)COC1)CCC2. The molecule has 19 heavy (non-hydrogen) atoms. The number of hydrogen-bond acceptors (Lipinski definition) is 5. The fourth-order valence-electron chi connectivity index (χ4n) is 2.80. The minimum absolute atomic E-state index is 0.0457. The van der Waals surface area contributed by atoms with Crippen LogP contribution in [0.1, 0.15) is 41.4 Å². The predicted octanol–water partition coefficient (Wildman–Crippen LogP) is 1.68. The molecule has 2 heterocycles. The van der Waals surface area contributed by atoms with Crippen molar-refractivity contribution in [1.29, 1.82) is 0 Å². The van der Waals surface area contributed by atoms with E-state index in [-0.39, 0.29) is 12.0 Å². The van der Waals surface area contributed by atoms with Crippen LogP contribution >= 0.6 is 11.3 Å². The quantitative estimate of drug-likeness (QED) is 0.863. The fourth-order valence-corrected chi connectivity index (χ4v) is 3.96. The van der Waals surface area contributed by atoms with Crippen molar-refractivity contribution < 1.29 is 9.84 Å². The molecule has 0 amide bonds. The summed E-state index contributed by atoms with van der Waals surface area (Å²) in [5.41, 5.74) is 1.25. The van der Waals surface area contributed by atoms with Gasteiger partial charge in [-0.25, -0.2) is 4.98 Å². The molecule has 0 aromatic carbocycles. The van der Waals surface area contributed by atoms with E-state index in [2.05, 4.69) is 12.2 Å². The predicted molar refractivity (Wildman–Crippen MR) is 75.5 cm³/mol. The Morgan fingerprint density at radius 3 is 3.00 bits per heavy atom. The zero-order valence-corrected chi connectivity index (χ0v) is 12.3. The van der Waals surface area contributed by atoms with Crippen LogP contribution in [0, 0.1) is 5.41 Å². The molecule has 4 nitrogen and oxygen atoms in total. The standard InChI is InChI=1S/C14H22N2O2S/c1-2-12-16-11-5-3-4-10(13(11)19-12)15-6-14(7-17)8-18-9-14/h10,15,17H,2-9H2,1H3. The molecule has 0 spiro atoms. The molecule has 1 atom stereocenters. The van der Waals surface area contributed by atoms with Crippen LogP contribution in [-0.2, 0) is 17.6 Å². The summed E-state index contributed by atoms with van der Waals surface area (Å²) in [4.78, 5) is 6.15. The number of fused-ring (bicyclic) bond motifs is 1. The smallest absolute Gasteiger partial charge is 0.0928 e. The number of aliphatic hydroxyl groups is 1. The first kappa shape index (κ1) is 13.5. The molecule has 106 valence electrons. The van der Waals surface area contributed by atoms with E-state index in [1.165, 1.54) is 28.4 Å². The highest BCUT2D eigenvalue weighted by Crippen LogP contribution is 2.35. The van der Waals surface area contributed by atoms with Crippen molar-refractivity contribution in [1.82, 2.24) is 10.3 Å². The van der Waals surface area contributed by atoms with Crippen LogP contribution in [0.3, 0.4) is 0 Å². The van der Waals surface area contributed by atoms with Crippen LogP contribution in [0.5, 0.6) is 0 Å². The van der Waals surface area contributed by atoms with Gasteiger partial charge in [0, 0.05) is 17.5 Å². The monoisotopic (exact) mass is 282 g/mol. The highest BCUT2D eigenvalue weighted by molar-refractivity contribution is 7.11. The summed E-state index contributed by atoms with van der Waals surface area (Å²) in [5, 5.41) is 14.4. The number of aromatic nitrogens is 1. The summed E-state index contributed by atoms with van der Waals surface area (Å²) in [6.45, 7) is 4.58. The van der Waals surface area contributed by atoms with E-state index >= 15 is 0 Å². The molecule has 1 unspecified atom stereocenters. The maximum Gasteiger partial charge on any atom is 0.0928 e. The van der Waals surface area contributed by atoms with E-state index in [1.54, 1.807) is 0 Å².